The van der Waals surface area contributed by atoms with E-state index in [1.54, 1.807) is 18.2 Å². The number of aromatic nitrogens is 1. The Morgan fingerprint density at radius 2 is 1.90 bits per heavy atom. The summed E-state index contributed by atoms with van der Waals surface area (Å²) in [4.78, 5) is 17.3. The molecule has 6 nitrogen and oxygen atoms in total. The lowest BCUT2D eigenvalue weighted by Gasteiger charge is -2.34. The minimum atomic E-state index is -0.308. The summed E-state index contributed by atoms with van der Waals surface area (Å²) < 4.78 is 5.32. The van der Waals surface area contributed by atoms with Crippen LogP contribution < -0.4 is 10.2 Å². The molecule has 0 saturated carbocycles. The molecule has 0 aliphatic carbocycles. The molecular weight excluding hydrogens is 388 g/mol. The van der Waals surface area contributed by atoms with E-state index >= 15 is 0 Å². The smallest absolute Gasteiger partial charge is 0.277 e. The van der Waals surface area contributed by atoms with Crippen LogP contribution in [0.4, 0.5) is 11.4 Å². The van der Waals surface area contributed by atoms with Gasteiger partial charge in [0.05, 0.1) is 0 Å². The Morgan fingerprint density at radius 1 is 1.10 bits per heavy atom. The monoisotopic (exact) mass is 410 g/mol. The van der Waals surface area contributed by atoms with Crippen LogP contribution in [0.1, 0.15) is 16.1 Å². The highest BCUT2D eigenvalue weighted by Gasteiger charge is 2.17. The Morgan fingerprint density at radius 3 is 2.62 bits per heavy atom. The predicted molar refractivity (Wildman–Crippen MR) is 116 cm³/mol. The van der Waals surface area contributed by atoms with E-state index in [2.05, 4.69) is 33.4 Å². The summed E-state index contributed by atoms with van der Waals surface area (Å²) in [5.41, 5.74) is 3.95. The number of aryl methyl sites for hydroxylation is 1. The zero-order valence-electron chi connectivity index (χ0n) is 16.5. The second-order valence-corrected chi connectivity index (χ2v) is 7.77. The third kappa shape index (κ3) is 4.44. The number of anilines is 2. The fourth-order valence-electron chi connectivity index (χ4n) is 3.40. The standard InChI is InChI=1S/C22H23ClN4O2/c1-15-12-18(27-10-8-26(2)9-11-27)6-7-19(15)24-22(28)20-14-21(29-25-20)16-4-3-5-17(23)13-16/h3-7,12-14H,8-11H2,1-2H3,(H,24,28). The van der Waals surface area contributed by atoms with E-state index in [9.17, 15) is 4.79 Å². The van der Waals surface area contributed by atoms with Gasteiger partial charge in [0.25, 0.3) is 5.91 Å². The van der Waals surface area contributed by atoms with Gasteiger partial charge in [0.15, 0.2) is 11.5 Å². The molecule has 1 aliphatic rings. The van der Waals surface area contributed by atoms with Crippen molar-refractivity contribution >= 4 is 28.9 Å². The first-order valence-electron chi connectivity index (χ1n) is 9.58. The van der Waals surface area contributed by atoms with Gasteiger partial charge in [-0.05, 0) is 49.9 Å². The number of halogens is 1. The van der Waals surface area contributed by atoms with Crippen molar-refractivity contribution in [1.82, 2.24) is 10.1 Å². The lowest BCUT2D eigenvalue weighted by Crippen LogP contribution is -2.44. The fourth-order valence-corrected chi connectivity index (χ4v) is 3.59. The summed E-state index contributed by atoms with van der Waals surface area (Å²) in [5, 5.41) is 7.43. The van der Waals surface area contributed by atoms with Crippen molar-refractivity contribution in [3.05, 3.63) is 64.8 Å². The molecule has 1 aromatic heterocycles. The van der Waals surface area contributed by atoms with Crippen molar-refractivity contribution in [2.45, 2.75) is 6.92 Å². The second-order valence-electron chi connectivity index (χ2n) is 7.33. The molecule has 1 N–H and O–H groups in total. The van der Waals surface area contributed by atoms with Crippen LogP contribution in [-0.4, -0.2) is 49.2 Å². The summed E-state index contributed by atoms with van der Waals surface area (Å²) in [6.07, 6.45) is 0. The molecule has 1 aliphatic heterocycles. The van der Waals surface area contributed by atoms with E-state index in [-0.39, 0.29) is 11.6 Å². The summed E-state index contributed by atoms with van der Waals surface area (Å²) in [6, 6.07) is 15.0. The number of carbonyl (C=O) groups excluding carboxylic acids is 1. The SMILES string of the molecule is Cc1cc(N2CCN(C)CC2)ccc1NC(=O)c1cc(-c2cccc(Cl)c2)on1. The van der Waals surface area contributed by atoms with Gasteiger partial charge >= 0.3 is 0 Å². The van der Waals surface area contributed by atoms with Gasteiger partial charge in [-0.25, -0.2) is 0 Å². The van der Waals surface area contributed by atoms with Crippen molar-refractivity contribution in [2.75, 3.05) is 43.4 Å². The van der Waals surface area contributed by atoms with E-state index in [1.165, 1.54) is 5.69 Å². The Labute approximate surface area is 175 Å². The van der Waals surface area contributed by atoms with E-state index in [4.69, 9.17) is 16.1 Å². The summed E-state index contributed by atoms with van der Waals surface area (Å²) in [5.74, 6) is 0.192. The first-order valence-corrected chi connectivity index (χ1v) is 9.95. The Bertz CT molecular complexity index is 1030. The van der Waals surface area contributed by atoms with Crippen LogP contribution in [0.15, 0.2) is 53.1 Å². The number of likely N-dealkylation sites (N-methyl/N-ethyl adjacent to an activating group) is 1. The summed E-state index contributed by atoms with van der Waals surface area (Å²) in [6.45, 7) is 6.12. The zero-order valence-corrected chi connectivity index (χ0v) is 17.2. The van der Waals surface area contributed by atoms with Gasteiger partial charge in [-0.3, -0.25) is 4.79 Å². The number of rotatable bonds is 4. The zero-order chi connectivity index (χ0) is 20.4. The lowest BCUT2D eigenvalue weighted by molar-refractivity contribution is 0.101. The highest BCUT2D eigenvalue weighted by molar-refractivity contribution is 6.30. The van der Waals surface area contributed by atoms with Crippen molar-refractivity contribution in [3.63, 3.8) is 0 Å². The summed E-state index contributed by atoms with van der Waals surface area (Å²) >= 11 is 6.02. The molecule has 3 aromatic rings. The van der Waals surface area contributed by atoms with Crippen LogP contribution in [0.2, 0.25) is 5.02 Å². The van der Waals surface area contributed by atoms with Gasteiger partial charge in [-0.2, -0.15) is 0 Å². The number of hydrogen-bond donors (Lipinski definition) is 1. The molecule has 4 rings (SSSR count). The number of amides is 1. The minimum absolute atomic E-state index is 0.225. The molecule has 2 aromatic carbocycles. The first kappa shape index (κ1) is 19.5. The van der Waals surface area contributed by atoms with E-state index in [1.807, 2.05) is 31.2 Å². The van der Waals surface area contributed by atoms with E-state index < -0.39 is 0 Å². The number of piperazine rings is 1. The number of carbonyl (C=O) groups is 1. The molecule has 1 amide bonds. The number of nitrogens with one attached hydrogen (secondary N) is 1. The van der Waals surface area contributed by atoms with Gasteiger partial charge in [-0.15, -0.1) is 0 Å². The van der Waals surface area contributed by atoms with Gasteiger partial charge in [0, 0.05) is 54.2 Å². The summed E-state index contributed by atoms with van der Waals surface area (Å²) in [7, 11) is 2.14. The number of nitrogens with zero attached hydrogens (tertiary/aromatic N) is 3. The third-order valence-corrected chi connectivity index (χ3v) is 5.41. The van der Waals surface area contributed by atoms with Crippen LogP contribution in [0.25, 0.3) is 11.3 Å². The Hall–Kier alpha value is -2.83. The third-order valence-electron chi connectivity index (χ3n) is 5.18. The molecular formula is C22H23ClN4O2. The minimum Gasteiger partial charge on any atom is -0.369 e. The molecule has 0 radical (unpaired) electrons. The van der Waals surface area contributed by atoms with Crippen molar-refractivity contribution in [2.24, 2.45) is 0 Å². The first-order chi connectivity index (χ1) is 14.0. The normalized spacial score (nSPS) is 14.8. The molecule has 0 atom stereocenters. The Balaban J connectivity index is 1.46. The van der Waals surface area contributed by atoms with E-state index in [0.717, 1.165) is 43.0 Å². The van der Waals surface area contributed by atoms with Crippen molar-refractivity contribution in [3.8, 4) is 11.3 Å². The van der Waals surface area contributed by atoms with Crippen LogP contribution >= 0.6 is 11.6 Å². The van der Waals surface area contributed by atoms with Gasteiger partial charge in [0.1, 0.15) is 0 Å². The van der Waals surface area contributed by atoms with Crippen molar-refractivity contribution in [1.29, 1.82) is 0 Å². The van der Waals surface area contributed by atoms with Gasteiger partial charge in [0.2, 0.25) is 0 Å². The largest absolute Gasteiger partial charge is 0.369 e. The maximum Gasteiger partial charge on any atom is 0.277 e. The average Bonchev–Trinajstić information content (AvgIpc) is 3.21. The van der Waals surface area contributed by atoms with Crippen LogP contribution in [-0.2, 0) is 0 Å². The molecule has 1 fully saturated rings. The number of hydrogen-bond acceptors (Lipinski definition) is 5. The lowest BCUT2D eigenvalue weighted by atomic mass is 10.1. The molecule has 0 bridgehead atoms. The molecule has 2 heterocycles. The van der Waals surface area contributed by atoms with E-state index in [0.29, 0.717) is 10.8 Å². The number of benzene rings is 2. The predicted octanol–water partition coefficient (Wildman–Crippen LogP) is 4.31. The molecule has 150 valence electrons. The van der Waals surface area contributed by atoms with Crippen LogP contribution in [0.5, 0.6) is 0 Å². The molecule has 1 saturated heterocycles. The molecule has 0 unspecified atom stereocenters. The fraction of sp³-hybridized carbons (Fsp3) is 0.273. The van der Waals surface area contributed by atoms with Crippen molar-refractivity contribution < 1.29 is 9.32 Å². The Kier molecular flexibility index (Phi) is 5.56. The maximum atomic E-state index is 12.6. The van der Waals surface area contributed by atoms with Gasteiger partial charge < -0.3 is 19.6 Å². The highest BCUT2D eigenvalue weighted by atomic mass is 35.5. The molecule has 7 heteroatoms. The quantitative estimate of drug-likeness (QED) is 0.694. The van der Waals surface area contributed by atoms with Crippen LogP contribution in [0, 0.1) is 6.92 Å². The average molecular weight is 411 g/mol. The molecule has 29 heavy (non-hydrogen) atoms. The topological polar surface area (TPSA) is 61.6 Å². The second kappa shape index (κ2) is 8.27. The molecule has 0 spiro atoms. The van der Waals surface area contributed by atoms with Crippen LogP contribution in [0.3, 0.4) is 0 Å². The van der Waals surface area contributed by atoms with Gasteiger partial charge in [-0.1, -0.05) is 28.9 Å². The highest BCUT2D eigenvalue weighted by Crippen LogP contribution is 2.26. The maximum absolute atomic E-state index is 12.6.